The Kier molecular flexibility index (Phi) is 5.40. The van der Waals surface area contributed by atoms with E-state index in [1.807, 2.05) is 0 Å². The van der Waals surface area contributed by atoms with Crippen LogP contribution in [-0.4, -0.2) is 31.5 Å². The SMILES string of the molecule is C[C@@H](OC(=O)c1ccccc1O)C(=O)Nc1ccc(S(N)(=O)=O)cc1. The number of rotatable bonds is 5. The summed E-state index contributed by atoms with van der Waals surface area (Å²) >= 11 is 0. The lowest BCUT2D eigenvalue weighted by Crippen LogP contribution is -2.30. The number of hydrogen-bond acceptors (Lipinski definition) is 6. The first-order valence-corrected chi connectivity index (χ1v) is 8.66. The third kappa shape index (κ3) is 4.78. The van der Waals surface area contributed by atoms with Crippen LogP contribution in [0.4, 0.5) is 5.69 Å². The number of esters is 1. The highest BCUT2D eigenvalue weighted by atomic mass is 32.2. The van der Waals surface area contributed by atoms with Crippen LogP contribution in [0.5, 0.6) is 5.75 Å². The molecule has 4 N–H and O–H groups in total. The molecule has 0 saturated carbocycles. The normalized spacial score (nSPS) is 12.2. The summed E-state index contributed by atoms with van der Waals surface area (Å²) in [5.41, 5.74) is 0.252. The number of nitrogens with two attached hydrogens (primary N) is 1. The van der Waals surface area contributed by atoms with Crippen LogP contribution in [0.15, 0.2) is 53.4 Å². The minimum atomic E-state index is -3.82. The number of primary sulfonamides is 1. The summed E-state index contributed by atoms with van der Waals surface area (Å²) in [7, 11) is -3.82. The maximum atomic E-state index is 12.1. The number of phenolic OH excluding ortho intramolecular Hbond substituents is 1. The van der Waals surface area contributed by atoms with Gasteiger partial charge in [0.05, 0.1) is 4.90 Å². The molecule has 0 aliphatic rings. The first kappa shape index (κ1) is 18.4. The lowest BCUT2D eigenvalue weighted by atomic mass is 10.2. The highest BCUT2D eigenvalue weighted by molar-refractivity contribution is 7.89. The highest BCUT2D eigenvalue weighted by Crippen LogP contribution is 2.18. The van der Waals surface area contributed by atoms with Gasteiger partial charge in [-0.15, -0.1) is 0 Å². The van der Waals surface area contributed by atoms with E-state index in [4.69, 9.17) is 9.88 Å². The molecule has 0 aliphatic heterocycles. The number of carbonyl (C=O) groups excluding carboxylic acids is 2. The van der Waals surface area contributed by atoms with Crippen molar-refractivity contribution >= 4 is 27.6 Å². The van der Waals surface area contributed by atoms with Gasteiger partial charge in [0.1, 0.15) is 11.3 Å². The van der Waals surface area contributed by atoms with E-state index in [1.165, 1.54) is 43.3 Å². The summed E-state index contributed by atoms with van der Waals surface area (Å²) in [6.07, 6.45) is -1.13. The van der Waals surface area contributed by atoms with Gasteiger partial charge in [0.2, 0.25) is 10.0 Å². The van der Waals surface area contributed by atoms with Crippen LogP contribution in [-0.2, 0) is 19.6 Å². The van der Waals surface area contributed by atoms with Crippen LogP contribution >= 0.6 is 0 Å². The van der Waals surface area contributed by atoms with Gasteiger partial charge >= 0.3 is 5.97 Å². The van der Waals surface area contributed by atoms with E-state index in [9.17, 15) is 23.1 Å². The molecule has 2 aromatic carbocycles. The molecule has 0 heterocycles. The molecule has 0 unspecified atom stereocenters. The molecule has 0 aromatic heterocycles. The minimum absolute atomic E-state index is 0.0559. The van der Waals surface area contributed by atoms with Crippen molar-refractivity contribution in [2.45, 2.75) is 17.9 Å². The van der Waals surface area contributed by atoms with Crippen LogP contribution < -0.4 is 10.5 Å². The third-order valence-corrected chi connectivity index (χ3v) is 4.16. The van der Waals surface area contributed by atoms with Crippen LogP contribution in [0, 0.1) is 0 Å². The molecule has 9 heteroatoms. The number of anilines is 1. The van der Waals surface area contributed by atoms with Gasteiger partial charge in [-0.25, -0.2) is 18.4 Å². The van der Waals surface area contributed by atoms with Crippen molar-refractivity contribution in [3.05, 3.63) is 54.1 Å². The molecule has 0 spiro atoms. The molecule has 2 rings (SSSR count). The molecule has 2 aromatic rings. The first-order valence-electron chi connectivity index (χ1n) is 7.11. The van der Waals surface area contributed by atoms with E-state index in [-0.39, 0.29) is 16.2 Å². The van der Waals surface area contributed by atoms with Crippen molar-refractivity contribution < 1.29 is 27.9 Å². The number of para-hydroxylation sites is 1. The van der Waals surface area contributed by atoms with E-state index in [1.54, 1.807) is 12.1 Å². The van der Waals surface area contributed by atoms with Crippen LogP contribution in [0.1, 0.15) is 17.3 Å². The number of amides is 1. The van der Waals surface area contributed by atoms with Crippen LogP contribution in [0.3, 0.4) is 0 Å². The van der Waals surface area contributed by atoms with Crippen molar-refractivity contribution in [3.63, 3.8) is 0 Å². The fourth-order valence-electron chi connectivity index (χ4n) is 1.90. The summed E-state index contributed by atoms with van der Waals surface area (Å²) in [4.78, 5) is 23.9. The summed E-state index contributed by atoms with van der Waals surface area (Å²) in [6.45, 7) is 1.37. The quantitative estimate of drug-likeness (QED) is 0.683. The van der Waals surface area contributed by atoms with Gasteiger partial charge in [0.15, 0.2) is 6.10 Å². The first-order chi connectivity index (χ1) is 11.7. The van der Waals surface area contributed by atoms with Crippen molar-refractivity contribution in [1.29, 1.82) is 0 Å². The molecule has 0 aliphatic carbocycles. The Balaban J connectivity index is 2.01. The number of sulfonamides is 1. The predicted molar refractivity (Wildman–Crippen MR) is 89.4 cm³/mol. The van der Waals surface area contributed by atoms with Gasteiger partial charge in [0.25, 0.3) is 5.91 Å². The number of benzene rings is 2. The summed E-state index contributed by atoms with van der Waals surface area (Å²) < 4.78 is 27.3. The molecule has 132 valence electrons. The second-order valence-electron chi connectivity index (χ2n) is 5.12. The Morgan fingerprint density at radius 3 is 2.28 bits per heavy atom. The third-order valence-electron chi connectivity index (χ3n) is 3.23. The van der Waals surface area contributed by atoms with E-state index >= 15 is 0 Å². The second kappa shape index (κ2) is 7.32. The number of hydrogen-bond donors (Lipinski definition) is 3. The molecule has 0 radical (unpaired) electrons. The Morgan fingerprint density at radius 1 is 1.12 bits per heavy atom. The van der Waals surface area contributed by atoms with Crippen LogP contribution in [0.25, 0.3) is 0 Å². The predicted octanol–water partition coefficient (Wildman–Crippen LogP) is 1.22. The lowest BCUT2D eigenvalue weighted by molar-refractivity contribution is -0.123. The highest BCUT2D eigenvalue weighted by Gasteiger charge is 2.21. The summed E-state index contributed by atoms with van der Waals surface area (Å²) in [5.74, 6) is -1.71. The average Bonchev–Trinajstić information content (AvgIpc) is 2.54. The Morgan fingerprint density at radius 2 is 1.72 bits per heavy atom. The molecule has 0 fully saturated rings. The Bertz CT molecular complexity index is 893. The summed E-state index contributed by atoms with van der Waals surface area (Å²) in [5, 5.41) is 17.1. The zero-order valence-electron chi connectivity index (χ0n) is 13.2. The molecular weight excluding hydrogens is 348 g/mol. The summed E-state index contributed by atoms with van der Waals surface area (Å²) in [6, 6.07) is 11.0. The zero-order valence-corrected chi connectivity index (χ0v) is 14.0. The Hall–Kier alpha value is -2.91. The van der Waals surface area contributed by atoms with Gasteiger partial charge in [-0.05, 0) is 43.3 Å². The van der Waals surface area contributed by atoms with Gasteiger partial charge in [-0.3, -0.25) is 4.79 Å². The number of aromatic hydroxyl groups is 1. The van der Waals surface area contributed by atoms with E-state index < -0.39 is 28.0 Å². The molecule has 0 saturated heterocycles. The number of nitrogens with one attached hydrogen (secondary N) is 1. The molecule has 25 heavy (non-hydrogen) atoms. The van der Waals surface area contributed by atoms with Crippen molar-refractivity contribution in [2.24, 2.45) is 5.14 Å². The van der Waals surface area contributed by atoms with Crippen molar-refractivity contribution in [3.8, 4) is 5.75 Å². The average molecular weight is 364 g/mol. The molecule has 8 nitrogen and oxygen atoms in total. The van der Waals surface area contributed by atoms with E-state index in [0.717, 1.165) is 0 Å². The van der Waals surface area contributed by atoms with Gasteiger partial charge in [-0.2, -0.15) is 0 Å². The maximum absolute atomic E-state index is 12.1. The van der Waals surface area contributed by atoms with Crippen LogP contribution in [0.2, 0.25) is 0 Å². The zero-order chi connectivity index (χ0) is 18.6. The standard InChI is InChI=1S/C16H16N2O6S/c1-10(24-16(21)13-4-2-3-5-14(13)19)15(20)18-11-6-8-12(9-7-11)25(17,22)23/h2-10,19H,1H3,(H,18,20)(H2,17,22,23)/t10-/m1/s1. The van der Waals surface area contributed by atoms with Gasteiger partial charge < -0.3 is 15.2 Å². The second-order valence-corrected chi connectivity index (χ2v) is 6.68. The van der Waals surface area contributed by atoms with Crippen molar-refractivity contribution in [1.82, 2.24) is 0 Å². The Labute approximate surface area is 144 Å². The minimum Gasteiger partial charge on any atom is -0.507 e. The maximum Gasteiger partial charge on any atom is 0.342 e. The molecule has 0 bridgehead atoms. The monoisotopic (exact) mass is 364 g/mol. The number of carbonyl (C=O) groups is 2. The molecule has 1 atom stereocenters. The van der Waals surface area contributed by atoms with Crippen molar-refractivity contribution in [2.75, 3.05) is 5.32 Å². The fraction of sp³-hybridized carbons (Fsp3) is 0.125. The largest absolute Gasteiger partial charge is 0.507 e. The van der Waals surface area contributed by atoms with Gasteiger partial charge in [0, 0.05) is 5.69 Å². The number of ether oxygens (including phenoxy) is 1. The van der Waals surface area contributed by atoms with E-state index in [0.29, 0.717) is 5.69 Å². The molecule has 1 amide bonds. The lowest BCUT2D eigenvalue weighted by Gasteiger charge is -2.14. The fourth-order valence-corrected chi connectivity index (χ4v) is 2.41. The smallest absolute Gasteiger partial charge is 0.342 e. The number of phenols is 1. The topological polar surface area (TPSA) is 136 Å². The van der Waals surface area contributed by atoms with Gasteiger partial charge in [-0.1, -0.05) is 12.1 Å². The molecular formula is C16H16N2O6S. The van der Waals surface area contributed by atoms with E-state index in [2.05, 4.69) is 5.32 Å².